The lowest BCUT2D eigenvalue weighted by Gasteiger charge is -2.34. The van der Waals surface area contributed by atoms with Crippen molar-refractivity contribution < 1.29 is 0 Å². The highest BCUT2D eigenvalue weighted by atomic mass is 127. The Morgan fingerprint density at radius 3 is 2.62 bits per heavy atom. The van der Waals surface area contributed by atoms with Gasteiger partial charge in [-0.05, 0) is 41.5 Å². The van der Waals surface area contributed by atoms with Crippen LogP contribution in [-0.4, -0.2) is 17.5 Å². The van der Waals surface area contributed by atoms with E-state index in [9.17, 15) is 0 Å². The normalized spacial score (nSPS) is 24.7. The molecule has 13 heavy (non-hydrogen) atoms. The second-order valence-corrected chi connectivity index (χ2v) is 5.14. The van der Waals surface area contributed by atoms with E-state index in [4.69, 9.17) is 0 Å². The van der Waals surface area contributed by atoms with Crippen molar-refractivity contribution in [2.24, 2.45) is 0 Å². The van der Waals surface area contributed by atoms with Gasteiger partial charge in [-0.2, -0.15) is 0 Å². The van der Waals surface area contributed by atoms with Crippen LogP contribution in [0, 0.1) is 0 Å². The predicted octanol–water partition coefficient (Wildman–Crippen LogP) is 3.47. The third-order valence-electron chi connectivity index (χ3n) is 2.97. The third-order valence-corrected chi connectivity index (χ3v) is 3.77. The quantitative estimate of drug-likeness (QED) is 0.668. The largest absolute Gasteiger partial charge is 0.371 e. The molecule has 0 N–H and O–H groups in total. The summed E-state index contributed by atoms with van der Waals surface area (Å²) < 4.78 is 1.38. The molecule has 0 radical (unpaired) electrons. The molecular formula is C11H16IN. The Bertz CT molecular complexity index is 226. The van der Waals surface area contributed by atoms with Crippen LogP contribution >= 0.6 is 22.6 Å². The van der Waals surface area contributed by atoms with Gasteiger partial charge in [-0.3, -0.25) is 0 Å². The summed E-state index contributed by atoms with van der Waals surface area (Å²) in [5, 5.41) is 0. The molecule has 72 valence electrons. The SMILES string of the molecule is IC1=CCN(C2CCCCC2)C=C1. The first kappa shape index (κ1) is 9.56. The zero-order valence-corrected chi connectivity index (χ0v) is 10.0. The maximum absolute atomic E-state index is 2.50. The van der Waals surface area contributed by atoms with Crippen LogP contribution in [0.4, 0.5) is 0 Å². The zero-order valence-electron chi connectivity index (χ0n) is 7.88. The molecule has 1 fully saturated rings. The molecule has 0 bridgehead atoms. The summed E-state index contributed by atoms with van der Waals surface area (Å²) in [5.41, 5.74) is 0. The van der Waals surface area contributed by atoms with Gasteiger partial charge in [0.2, 0.25) is 0 Å². The van der Waals surface area contributed by atoms with Gasteiger partial charge in [0.05, 0.1) is 0 Å². The standard InChI is InChI=1S/C11H16IN/c12-10-6-8-13(9-7-10)11-4-2-1-3-5-11/h6-8,11H,1-5,9H2. The molecule has 1 aliphatic carbocycles. The van der Waals surface area contributed by atoms with Gasteiger partial charge < -0.3 is 4.90 Å². The molecule has 0 aromatic rings. The molecule has 1 saturated carbocycles. The lowest BCUT2D eigenvalue weighted by molar-refractivity contribution is 0.233. The number of hydrogen-bond donors (Lipinski definition) is 0. The summed E-state index contributed by atoms with van der Waals surface area (Å²) in [6.07, 6.45) is 13.9. The molecule has 0 unspecified atom stereocenters. The number of halogens is 1. The van der Waals surface area contributed by atoms with Gasteiger partial charge in [0.1, 0.15) is 0 Å². The third kappa shape index (κ3) is 2.48. The van der Waals surface area contributed by atoms with Crippen molar-refractivity contribution in [2.75, 3.05) is 6.54 Å². The van der Waals surface area contributed by atoms with Crippen LogP contribution in [-0.2, 0) is 0 Å². The molecule has 2 heteroatoms. The van der Waals surface area contributed by atoms with E-state index in [1.165, 1.54) is 35.7 Å². The van der Waals surface area contributed by atoms with Gasteiger partial charge in [-0.15, -0.1) is 0 Å². The summed E-state index contributed by atoms with van der Waals surface area (Å²) in [5.74, 6) is 0. The minimum absolute atomic E-state index is 0.825. The fourth-order valence-electron chi connectivity index (χ4n) is 2.17. The highest BCUT2D eigenvalue weighted by molar-refractivity contribution is 14.1. The van der Waals surface area contributed by atoms with Gasteiger partial charge in [0.15, 0.2) is 0 Å². The molecule has 0 saturated heterocycles. The Morgan fingerprint density at radius 2 is 2.00 bits per heavy atom. The van der Waals surface area contributed by atoms with Crippen molar-refractivity contribution in [3.05, 3.63) is 21.9 Å². The van der Waals surface area contributed by atoms with E-state index in [1.54, 1.807) is 0 Å². The van der Waals surface area contributed by atoms with Crippen LogP contribution in [0.15, 0.2) is 21.9 Å². The van der Waals surface area contributed by atoms with E-state index in [2.05, 4.69) is 45.8 Å². The number of hydrogen-bond acceptors (Lipinski definition) is 1. The lowest BCUT2D eigenvalue weighted by atomic mass is 9.94. The molecule has 0 spiro atoms. The van der Waals surface area contributed by atoms with Gasteiger partial charge in [-0.25, -0.2) is 0 Å². The average Bonchev–Trinajstić information content (AvgIpc) is 2.20. The first-order chi connectivity index (χ1) is 6.36. The van der Waals surface area contributed by atoms with E-state index < -0.39 is 0 Å². The summed E-state index contributed by atoms with van der Waals surface area (Å²) in [6.45, 7) is 1.12. The van der Waals surface area contributed by atoms with Crippen molar-refractivity contribution >= 4 is 22.6 Å². The smallest absolute Gasteiger partial charge is 0.0370 e. The minimum Gasteiger partial charge on any atom is -0.371 e. The summed E-state index contributed by atoms with van der Waals surface area (Å²) in [7, 11) is 0. The van der Waals surface area contributed by atoms with E-state index in [0.29, 0.717) is 0 Å². The molecule has 1 aliphatic heterocycles. The highest BCUT2D eigenvalue weighted by Crippen LogP contribution is 2.25. The monoisotopic (exact) mass is 289 g/mol. The molecule has 0 aromatic carbocycles. The van der Waals surface area contributed by atoms with Crippen LogP contribution in [0.25, 0.3) is 0 Å². The number of allylic oxidation sites excluding steroid dienone is 2. The predicted molar refractivity (Wildman–Crippen MR) is 64.8 cm³/mol. The Balaban J connectivity index is 1.91. The Hall–Kier alpha value is 0.01000. The maximum atomic E-state index is 2.50. The van der Waals surface area contributed by atoms with Crippen LogP contribution in [0.3, 0.4) is 0 Å². The Morgan fingerprint density at radius 1 is 1.23 bits per heavy atom. The summed E-state index contributed by atoms with van der Waals surface area (Å²) in [4.78, 5) is 2.50. The minimum atomic E-state index is 0.825. The van der Waals surface area contributed by atoms with Gasteiger partial charge in [0, 0.05) is 22.4 Å². The van der Waals surface area contributed by atoms with Crippen molar-refractivity contribution in [2.45, 2.75) is 38.1 Å². The molecule has 1 nitrogen and oxygen atoms in total. The van der Waals surface area contributed by atoms with E-state index in [1.807, 2.05) is 0 Å². The zero-order chi connectivity index (χ0) is 9.10. The fourth-order valence-corrected chi connectivity index (χ4v) is 2.53. The van der Waals surface area contributed by atoms with Gasteiger partial charge in [-0.1, -0.05) is 25.3 Å². The van der Waals surface area contributed by atoms with Crippen LogP contribution < -0.4 is 0 Å². The molecule has 0 amide bonds. The van der Waals surface area contributed by atoms with Crippen molar-refractivity contribution in [3.63, 3.8) is 0 Å². The average molecular weight is 289 g/mol. The van der Waals surface area contributed by atoms with Crippen LogP contribution in [0.2, 0.25) is 0 Å². The van der Waals surface area contributed by atoms with E-state index >= 15 is 0 Å². The molecular weight excluding hydrogens is 273 g/mol. The molecule has 1 heterocycles. The van der Waals surface area contributed by atoms with Crippen LogP contribution in [0.1, 0.15) is 32.1 Å². The highest BCUT2D eigenvalue weighted by Gasteiger charge is 2.18. The molecule has 2 aliphatic rings. The summed E-state index contributed by atoms with van der Waals surface area (Å²) >= 11 is 2.39. The van der Waals surface area contributed by atoms with Crippen molar-refractivity contribution in [1.82, 2.24) is 4.90 Å². The molecule has 0 atom stereocenters. The number of nitrogens with zero attached hydrogens (tertiary/aromatic N) is 1. The Labute approximate surface area is 94.0 Å². The number of rotatable bonds is 1. The second kappa shape index (κ2) is 4.49. The molecule has 2 rings (SSSR count). The van der Waals surface area contributed by atoms with Crippen molar-refractivity contribution in [1.29, 1.82) is 0 Å². The second-order valence-electron chi connectivity index (χ2n) is 3.89. The maximum Gasteiger partial charge on any atom is 0.0370 e. The Kier molecular flexibility index (Phi) is 3.30. The van der Waals surface area contributed by atoms with Gasteiger partial charge in [0.25, 0.3) is 0 Å². The lowest BCUT2D eigenvalue weighted by Crippen LogP contribution is -2.33. The van der Waals surface area contributed by atoms with Crippen LogP contribution in [0.5, 0.6) is 0 Å². The van der Waals surface area contributed by atoms with E-state index in [0.717, 1.165) is 12.6 Å². The topological polar surface area (TPSA) is 3.24 Å². The molecule has 0 aromatic heterocycles. The van der Waals surface area contributed by atoms with E-state index in [-0.39, 0.29) is 0 Å². The van der Waals surface area contributed by atoms with Crippen molar-refractivity contribution in [3.8, 4) is 0 Å². The van der Waals surface area contributed by atoms with Gasteiger partial charge >= 0.3 is 0 Å². The fraction of sp³-hybridized carbons (Fsp3) is 0.636. The first-order valence-electron chi connectivity index (χ1n) is 5.16. The first-order valence-corrected chi connectivity index (χ1v) is 6.24. The summed E-state index contributed by atoms with van der Waals surface area (Å²) in [6, 6.07) is 0.825.